The van der Waals surface area contributed by atoms with Gasteiger partial charge in [-0.2, -0.15) is 9.57 Å². The minimum absolute atomic E-state index is 0.0512. The van der Waals surface area contributed by atoms with Gasteiger partial charge in [-0.05, 0) is 29.8 Å². The SMILES string of the molecule is N#Cc1ccc(OCCN2CCN(S(=O)(=O)Cc3ccccc3)CC2)cc1. The quantitative estimate of drug-likeness (QED) is 0.730. The average Bonchev–Trinajstić information content (AvgIpc) is 2.69. The molecule has 6 nitrogen and oxygen atoms in total. The largest absolute Gasteiger partial charge is 0.492 e. The van der Waals surface area contributed by atoms with Crippen LogP contribution in [0.4, 0.5) is 0 Å². The van der Waals surface area contributed by atoms with E-state index in [1.54, 1.807) is 28.6 Å². The molecule has 0 amide bonds. The van der Waals surface area contributed by atoms with E-state index >= 15 is 0 Å². The van der Waals surface area contributed by atoms with E-state index in [-0.39, 0.29) is 5.75 Å². The highest BCUT2D eigenvalue weighted by Gasteiger charge is 2.26. The van der Waals surface area contributed by atoms with Crippen molar-refractivity contribution in [3.05, 3.63) is 65.7 Å². The number of ether oxygens (including phenoxy) is 1. The van der Waals surface area contributed by atoms with E-state index in [2.05, 4.69) is 11.0 Å². The first kappa shape index (κ1) is 19.4. The number of nitriles is 1. The molecule has 27 heavy (non-hydrogen) atoms. The Morgan fingerprint density at radius 2 is 1.63 bits per heavy atom. The highest BCUT2D eigenvalue weighted by atomic mass is 32.2. The molecule has 3 rings (SSSR count). The Labute approximate surface area is 160 Å². The fraction of sp³-hybridized carbons (Fsp3) is 0.350. The van der Waals surface area contributed by atoms with Gasteiger partial charge in [-0.15, -0.1) is 0 Å². The first-order chi connectivity index (χ1) is 13.1. The molecule has 1 aliphatic rings. The predicted octanol–water partition coefficient (Wildman–Crippen LogP) is 2.08. The molecule has 0 spiro atoms. The van der Waals surface area contributed by atoms with Crippen molar-refractivity contribution in [2.45, 2.75) is 5.75 Å². The van der Waals surface area contributed by atoms with Crippen LogP contribution in [0.15, 0.2) is 54.6 Å². The van der Waals surface area contributed by atoms with Crippen molar-refractivity contribution in [3.63, 3.8) is 0 Å². The molecule has 2 aromatic rings. The Hall–Kier alpha value is -2.40. The van der Waals surface area contributed by atoms with Gasteiger partial charge in [0.2, 0.25) is 10.0 Å². The summed E-state index contributed by atoms with van der Waals surface area (Å²) in [7, 11) is -3.28. The van der Waals surface area contributed by atoms with Gasteiger partial charge >= 0.3 is 0 Å². The molecule has 142 valence electrons. The second-order valence-corrected chi connectivity index (χ2v) is 8.44. The summed E-state index contributed by atoms with van der Waals surface area (Å²) in [6, 6.07) is 18.4. The zero-order chi connectivity index (χ0) is 19.1. The smallest absolute Gasteiger partial charge is 0.218 e. The van der Waals surface area contributed by atoms with E-state index in [1.165, 1.54) is 0 Å². The Kier molecular flexibility index (Phi) is 6.45. The molecule has 0 saturated carbocycles. The molecule has 0 bridgehead atoms. The molecular formula is C20H23N3O3S. The number of nitrogens with zero attached hydrogens (tertiary/aromatic N) is 3. The van der Waals surface area contributed by atoms with E-state index in [0.29, 0.717) is 38.3 Å². The topological polar surface area (TPSA) is 73.6 Å². The van der Waals surface area contributed by atoms with E-state index < -0.39 is 10.0 Å². The van der Waals surface area contributed by atoms with Gasteiger partial charge in [0.15, 0.2) is 0 Å². The molecule has 0 atom stereocenters. The maximum Gasteiger partial charge on any atom is 0.218 e. The number of hydrogen-bond donors (Lipinski definition) is 0. The van der Waals surface area contributed by atoms with Crippen LogP contribution in [0.1, 0.15) is 11.1 Å². The first-order valence-electron chi connectivity index (χ1n) is 8.94. The summed E-state index contributed by atoms with van der Waals surface area (Å²) in [6.45, 7) is 3.68. The van der Waals surface area contributed by atoms with Crippen LogP contribution in [0, 0.1) is 11.3 Å². The maximum absolute atomic E-state index is 12.6. The lowest BCUT2D eigenvalue weighted by atomic mass is 10.2. The van der Waals surface area contributed by atoms with Gasteiger partial charge in [-0.25, -0.2) is 8.42 Å². The lowest BCUT2D eigenvalue weighted by Crippen LogP contribution is -2.49. The minimum atomic E-state index is -3.28. The van der Waals surface area contributed by atoms with Crippen LogP contribution in [0.5, 0.6) is 5.75 Å². The summed E-state index contributed by atoms with van der Waals surface area (Å²) in [5.74, 6) is 0.786. The fourth-order valence-electron chi connectivity index (χ4n) is 3.03. The minimum Gasteiger partial charge on any atom is -0.492 e. The summed E-state index contributed by atoms with van der Waals surface area (Å²) in [4.78, 5) is 2.21. The second-order valence-electron chi connectivity index (χ2n) is 6.47. The Morgan fingerprint density at radius 3 is 2.26 bits per heavy atom. The third-order valence-corrected chi connectivity index (χ3v) is 6.43. The van der Waals surface area contributed by atoms with Gasteiger partial charge in [0.05, 0.1) is 17.4 Å². The molecule has 1 heterocycles. The maximum atomic E-state index is 12.6. The molecule has 0 aromatic heterocycles. The van der Waals surface area contributed by atoms with Crippen molar-refractivity contribution in [1.29, 1.82) is 5.26 Å². The van der Waals surface area contributed by atoms with Crippen molar-refractivity contribution in [1.82, 2.24) is 9.21 Å². The van der Waals surface area contributed by atoms with Crippen molar-refractivity contribution in [3.8, 4) is 11.8 Å². The average molecular weight is 385 g/mol. The van der Waals surface area contributed by atoms with Crippen LogP contribution in [-0.2, 0) is 15.8 Å². The highest BCUT2D eigenvalue weighted by molar-refractivity contribution is 7.88. The molecule has 0 N–H and O–H groups in total. The standard InChI is InChI=1S/C20H23N3O3S/c21-16-18-6-8-20(9-7-18)26-15-14-22-10-12-23(13-11-22)27(24,25)17-19-4-2-1-3-5-19/h1-9H,10-15,17H2. The van der Waals surface area contributed by atoms with Crippen LogP contribution in [0.3, 0.4) is 0 Å². The summed E-state index contributed by atoms with van der Waals surface area (Å²) in [5.41, 5.74) is 1.42. The monoisotopic (exact) mass is 385 g/mol. The molecular weight excluding hydrogens is 362 g/mol. The van der Waals surface area contributed by atoms with Gasteiger partial charge in [0.25, 0.3) is 0 Å². The fourth-order valence-corrected chi connectivity index (χ4v) is 4.54. The van der Waals surface area contributed by atoms with Crippen LogP contribution in [-0.4, -0.2) is 57.0 Å². The Morgan fingerprint density at radius 1 is 0.963 bits per heavy atom. The van der Waals surface area contributed by atoms with Gasteiger partial charge in [0.1, 0.15) is 12.4 Å². The molecule has 1 saturated heterocycles. The van der Waals surface area contributed by atoms with Gasteiger partial charge in [0, 0.05) is 32.7 Å². The van der Waals surface area contributed by atoms with Crippen molar-refractivity contribution in [2.24, 2.45) is 0 Å². The van der Waals surface area contributed by atoms with E-state index in [9.17, 15) is 8.42 Å². The lowest BCUT2D eigenvalue weighted by molar-refractivity contribution is 0.159. The predicted molar refractivity (Wildman–Crippen MR) is 104 cm³/mol. The van der Waals surface area contributed by atoms with Gasteiger partial charge < -0.3 is 4.74 Å². The number of benzene rings is 2. The summed E-state index contributed by atoms with van der Waals surface area (Å²) < 4.78 is 32.4. The summed E-state index contributed by atoms with van der Waals surface area (Å²) >= 11 is 0. The van der Waals surface area contributed by atoms with Crippen LogP contribution >= 0.6 is 0 Å². The Bertz CT molecular complexity index is 869. The number of piperazine rings is 1. The number of rotatable bonds is 7. The van der Waals surface area contributed by atoms with Crippen molar-refractivity contribution in [2.75, 3.05) is 39.3 Å². The van der Waals surface area contributed by atoms with E-state index in [4.69, 9.17) is 10.00 Å². The molecule has 0 aliphatic carbocycles. The number of hydrogen-bond acceptors (Lipinski definition) is 5. The zero-order valence-electron chi connectivity index (χ0n) is 15.1. The molecule has 1 aliphatic heterocycles. The first-order valence-corrected chi connectivity index (χ1v) is 10.5. The van der Waals surface area contributed by atoms with Gasteiger partial charge in [-0.1, -0.05) is 30.3 Å². The number of sulfonamides is 1. The lowest BCUT2D eigenvalue weighted by Gasteiger charge is -2.33. The van der Waals surface area contributed by atoms with Crippen molar-refractivity contribution >= 4 is 10.0 Å². The highest BCUT2D eigenvalue weighted by Crippen LogP contribution is 2.14. The van der Waals surface area contributed by atoms with Crippen LogP contribution in [0.2, 0.25) is 0 Å². The van der Waals surface area contributed by atoms with Crippen LogP contribution < -0.4 is 4.74 Å². The molecule has 0 radical (unpaired) electrons. The van der Waals surface area contributed by atoms with Crippen molar-refractivity contribution < 1.29 is 13.2 Å². The molecule has 0 unspecified atom stereocenters. The third-order valence-electron chi connectivity index (χ3n) is 4.58. The van der Waals surface area contributed by atoms with E-state index in [1.807, 2.05) is 30.3 Å². The molecule has 7 heteroatoms. The second kappa shape index (κ2) is 9.00. The summed E-state index contributed by atoms with van der Waals surface area (Å²) in [6.07, 6.45) is 0. The van der Waals surface area contributed by atoms with Crippen LogP contribution in [0.25, 0.3) is 0 Å². The molecule has 1 fully saturated rings. The molecule has 2 aromatic carbocycles. The Balaban J connectivity index is 1.42. The third kappa shape index (κ3) is 5.54. The van der Waals surface area contributed by atoms with E-state index in [0.717, 1.165) is 17.9 Å². The zero-order valence-corrected chi connectivity index (χ0v) is 15.9. The summed E-state index contributed by atoms with van der Waals surface area (Å²) in [5, 5.41) is 8.79. The normalized spacial score (nSPS) is 16.0. The van der Waals surface area contributed by atoms with Gasteiger partial charge in [-0.3, -0.25) is 4.90 Å².